The number of aromatic amines is 1. The molecule has 0 bridgehead atoms. The molecule has 0 saturated heterocycles. The standard InChI is InChI=1S/C17H24N2O2/c1-4-18-15(12-6-5-9-17(12,2)3)11-7-8-13-14(10-11)21-16(20)19-13/h7-8,10,12,15,18H,4-6,9H2,1-3H3,(H,19,20). The van der Waals surface area contributed by atoms with Crippen LogP contribution >= 0.6 is 0 Å². The maximum absolute atomic E-state index is 11.3. The Labute approximate surface area is 124 Å². The van der Waals surface area contributed by atoms with Crippen molar-refractivity contribution in [2.24, 2.45) is 11.3 Å². The molecular formula is C17H24N2O2. The Balaban J connectivity index is 2.00. The summed E-state index contributed by atoms with van der Waals surface area (Å²) < 4.78 is 5.21. The molecule has 0 spiro atoms. The monoisotopic (exact) mass is 288 g/mol. The summed E-state index contributed by atoms with van der Waals surface area (Å²) in [6.07, 6.45) is 3.82. The average molecular weight is 288 g/mol. The number of hydrogen-bond donors (Lipinski definition) is 2. The van der Waals surface area contributed by atoms with Gasteiger partial charge in [-0.15, -0.1) is 0 Å². The molecule has 1 aliphatic rings. The number of nitrogens with one attached hydrogen (secondary N) is 2. The lowest BCUT2D eigenvalue weighted by Gasteiger charge is -2.35. The van der Waals surface area contributed by atoms with Crippen LogP contribution < -0.4 is 11.1 Å². The second kappa shape index (κ2) is 5.34. The zero-order valence-electron chi connectivity index (χ0n) is 13.0. The van der Waals surface area contributed by atoms with Crippen LogP contribution in [-0.4, -0.2) is 11.5 Å². The summed E-state index contributed by atoms with van der Waals surface area (Å²) in [5.41, 5.74) is 2.98. The molecule has 1 aliphatic carbocycles. The quantitative estimate of drug-likeness (QED) is 0.903. The van der Waals surface area contributed by atoms with Gasteiger partial charge < -0.3 is 9.73 Å². The van der Waals surface area contributed by atoms with Gasteiger partial charge in [0, 0.05) is 6.04 Å². The summed E-state index contributed by atoms with van der Waals surface area (Å²) in [5, 5.41) is 3.64. The Kier molecular flexibility index (Phi) is 3.66. The molecule has 0 radical (unpaired) electrons. The molecular weight excluding hydrogens is 264 g/mol. The van der Waals surface area contributed by atoms with Crippen LogP contribution in [0.5, 0.6) is 0 Å². The Morgan fingerprint density at radius 3 is 2.95 bits per heavy atom. The summed E-state index contributed by atoms with van der Waals surface area (Å²) >= 11 is 0. The van der Waals surface area contributed by atoms with Crippen LogP contribution in [-0.2, 0) is 0 Å². The lowest BCUT2D eigenvalue weighted by atomic mass is 9.75. The van der Waals surface area contributed by atoms with E-state index in [0.717, 1.165) is 12.1 Å². The van der Waals surface area contributed by atoms with E-state index in [0.29, 0.717) is 23.0 Å². The van der Waals surface area contributed by atoms with Gasteiger partial charge in [-0.05, 0) is 48.4 Å². The molecule has 4 nitrogen and oxygen atoms in total. The van der Waals surface area contributed by atoms with E-state index < -0.39 is 0 Å². The van der Waals surface area contributed by atoms with E-state index in [1.165, 1.54) is 24.8 Å². The molecule has 2 N–H and O–H groups in total. The highest BCUT2D eigenvalue weighted by Crippen LogP contribution is 2.48. The first-order chi connectivity index (χ1) is 10.0. The first kappa shape index (κ1) is 14.4. The second-order valence-electron chi connectivity index (χ2n) is 6.79. The number of rotatable bonds is 4. The number of aromatic nitrogens is 1. The Morgan fingerprint density at radius 2 is 2.29 bits per heavy atom. The van der Waals surface area contributed by atoms with Crippen LogP contribution in [0.3, 0.4) is 0 Å². The Morgan fingerprint density at radius 1 is 1.48 bits per heavy atom. The minimum atomic E-state index is -0.386. The first-order valence-corrected chi connectivity index (χ1v) is 7.87. The molecule has 21 heavy (non-hydrogen) atoms. The molecule has 114 valence electrons. The fraction of sp³-hybridized carbons (Fsp3) is 0.588. The van der Waals surface area contributed by atoms with Crippen LogP contribution in [0.1, 0.15) is 51.6 Å². The van der Waals surface area contributed by atoms with Crippen molar-refractivity contribution in [3.05, 3.63) is 34.3 Å². The first-order valence-electron chi connectivity index (χ1n) is 7.87. The summed E-state index contributed by atoms with van der Waals surface area (Å²) in [5.74, 6) is 0.226. The van der Waals surface area contributed by atoms with Gasteiger partial charge in [0.15, 0.2) is 5.58 Å². The van der Waals surface area contributed by atoms with Gasteiger partial charge in [-0.1, -0.05) is 33.3 Å². The van der Waals surface area contributed by atoms with Crippen LogP contribution in [0, 0.1) is 11.3 Å². The average Bonchev–Trinajstić information content (AvgIpc) is 2.96. The third kappa shape index (κ3) is 2.64. The van der Waals surface area contributed by atoms with Gasteiger partial charge in [0.05, 0.1) is 5.52 Å². The summed E-state index contributed by atoms with van der Waals surface area (Å²) in [4.78, 5) is 14.0. The van der Waals surface area contributed by atoms with Gasteiger partial charge in [0.25, 0.3) is 0 Å². The molecule has 1 saturated carbocycles. The van der Waals surface area contributed by atoms with Gasteiger partial charge in [-0.25, -0.2) is 4.79 Å². The minimum absolute atomic E-state index is 0.317. The number of H-pyrrole nitrogens is 1. The van der Waals surface area contributed by atoms with Crippen molar-refractivity contribution in [3.8, 4) is 0 Å². The van der Waals surface area contributed by atoms with Crippen molar-refractivity contribution in [1.29, 1.82) is 0 Å². The van der Waals surface area contributed by atoms with Gasteiger partial charge in [0.2, 0.25) is 0 Å². The number of benzene rings is 1. The number of hydrogen-bond acceptors (Lipinski definition) is 3. The van der Waals surface area contributed by atoms with E-state index in [1.54, 1.807) is 0 Å². The number of oxazole rings is 1. The lowest BCUT2D eigenvalue weighted by Crippen LogP contribution is -2.33. The van der Waals surface area contributed by atoms with E-state index in [9.17, 15) is 4.79 Å². The Hall–Kier alpha value is -1.55. The summed E-state index contributed by atoms with van der Waals surface area (Å²) in [6.45, 7) is 7.81. The molecule has 2 atom stereocenters. The van der Waals surface area contributed by atoms with E-state index in [4.69, 9.17) is 4.42 Å². The maximum atomic E-state index is 11.3. The predicted octanol–water partition coefficient (Wildman–Crippen LogP) is 3.60. The molecule has 1 heterocycles. The molecule has 0 amide bonds. The topological polar surface area (TPSA) is 58.0 Å². The molecule has 2 aromatic rings. The van der Waals surface area contributed by atoms with E-state index >= 15 is 0 Å². The van der Waals surface area contributed by atoms with E-state index in [1.807, 2.05) is 12.1 Å². The van der Waals surface area contributed by atoms with Crippen molar-refractivity contribution >= 4 is 11.1 Å². The van der Waals surface area contributed by atoms with Crippen molar-refractivity contribution in [2.45, 2.75) is 46.1 Å². The van der Waals surface area contributed by atoms with Crippen molar-refractivity contribution in [2.75, 3.05) is 6.54 Å². The third-order valence-corrected chi connectivity index (χ3v) is 4.97. The second-order valence-corrected chi connectivity index (χ2v) is 6.79. The lowest BCUT2D eigenvalue weighted by molar-refractivity contribution is 0.199. The highest BCUT2D eigenvalue weighted by molar-refractivity contribution is 5.72. The fourth-order valence-electron chi connectivity index (χ4n) is 3.84. The van der Waals surface area contributed by atoms with Crippen LogP contribution in [0.25, 0.3) is 11.1 Å². The molecule has 1 aromatic heterocycles. The maximum Gasteiger partial charge on any atom is 0.417 e. The van der Waals surface area contributed by atoms with Crippen LogP contribution in [0.2, 0.25) is 0 Å². The largest absolute Gasteiger partial charge is 0.417 e. The van der Waals surface area contributed by atoms with Gasteiger partial charge >= 0.3 is 5.76 Å². The van der Waals surface area contributed by atoms with Gasteiger partial charge in [0.1, 0.15) is 0 Å². The smallest absolute Gasteiger partial charge is 0.408 e. The van der Waals surface area contributed by atoms with E-state index in [2.05, 4.69) is 37.1 Å². The van der Waals surface area contributed by atoms with E-state index in [-0.39, 0.29) is 5.76 Å². The predicted molar refractivity (Wildman–Crippen MR) is 84.4 cm³/mol. The summed E-state index contributed by atoms with van der Waals surface area (Å²) in [6, 6.07) is 6.38. The highest BCUT2D eigenvalue weighted by atomic mass is 16.4. The SMILES string of the molecule is CCNC(c1ccc2[nH]c(=O)oc2c1)C1CCCC1(C)C. The fourth-order valence-corrected chi connectivity index (χ4v) is 3.84. The number of fused-ring (bicyclic) bond motifs is 1. The molecule has 3 rings (SSSR count). The molecule has 0 aliphatic heterocycles. The zero-order chi connectivity index (χ0) is 15.0. The van der Waals surface area contributed by atoms with Crippen molar-refractivity contribution in [1.82, 2.24) is 10.3 Å². The third-order valence-electron chi connectivity index (χ3n) is 4.97. The molecule has 2 unspecified atom stereocenters. The van der Waals surface area contributed by atoms with Crippen LogP contribution in [0.4, 0.5) is 0 Å². The highest BCUT2D eigenvalue weighted by Gasteiger charge is 2.39. The van der Waals surface area contributed by atoms with Crippen molar-refractivity contribution in [3.63, 3.8) is 0 Å². The van der Waals surface area contributed by atoms with Crippen molar-refractivity contribution < 1.29 is 4.42 Å². The summed E-state index contributed by atoms with van der Waals surface area (Å²) in [7, 11) is 0. The Bertz CT molecular complexity index is 683. The minimum Gasteiger partial charge on any atom is -0.408 e. The molecule has 1 fully saturated rings. The zero-order valence-corrected chi connectivity index (χ0v) is 13.0. The molecule has 4 heteroatoms. The normalized spacial score (nSPS) is 22.7. The van der Waals surface area contributed by atoms with Gasteiger partial charge in [-0.2, -0.15) is 0 Å². The molecule has 1 aromatic carbocycles. The van der Waals surface area contributed by atoms with Gasteiger partial charge in [-0.3, -0.25) is 4.98 Å². The van der Waals surface area contributed by atoms with Crippen LogP contribution in [0.15, 0.2) is 27.4 Å².